The predicted molar refractivity (Wildman–Crippen MR) is 110 cm³/mol. The molecule has 0 heterocycles. The molecule has 2 rings (SSSR count). The van der Waals surface area contributed by atoms with E-state index in [1.165, 1.54) is 47.2 Å². The fourth-order valence-electron chi connectivity index (χ4n) is 2.76. The first-order valence-corrected chi connectivity index (χ1v) is 9.72. The minimum atomic E-state index is -0.750. The molecule has 26 heavy (non-hydrogen) atoms. The number of hydrogen-bond acceptors (Lipinski definition) is 4. The monoisotopic (exact) mass is 374 g/mol. The molecule has 0 aliphatic carbocycles. The van der Waals surface area contributed by atoms with Crippen LogP contribution in [-0.4, -0.2) is 28.6 Å². The van der Waals surface area contributed by atoms with Crippen molar-refractivity contribution in [2.45, 2.75) is 39.5 Å². The van der Waals surface area contributed by atoms with Crippen molar-refractivity contribution in [2.24, 2.45) is 0 Å². The minimum Gasteiger partial charge on any atom is -0.388 e. The normalized spacial score (nSPS) is 9.96. The lowest BCUT2D eigenvalue weighted by Gasteiger charge is -2.07. The molecule has 4 nitrogen and oxygen atoms in total. The maximum atomic E-state index is 8.29. The Kier molecular flexibility index (Phi) is 11.2. The fourth-order valence-corrected chi connectivity index (χ4v) is 2.76. The molecule has 0 saturated heterocycles. The van der Waals surface area contributed by atoms with Gasteiger partial charge in [-0.3, -0.25) is 0 Å². The SMILES string of the molecule is CNc1ccc(CCCNCCCc2ccc(C)c(C)c2)cc1.O=S=O. The molecule has 0 radical (unpaired) electrons. The first-order valence-electron chi connectivity index (χ1n) is 9.06. The van der Waals surface area contributed by atoms with Crippen LogP contribution in [0.4, 0.5) is 5.69 Å². The van der Waals surface area contributed by atoms with Crippen LogP contribution in [0.2, 0.25) is 0 Å². The molecule has 2 aromatic rings. The zero-order valence-corrected chi connectivity index (χ0v) is 16.8. The van der Waals surface area contributed by atoms with Crippen LogP contribution in [0.15, 0.2) is 42.5 Å². The summed E-state index contributed by atoms with van der Waals surface area (Å²) in [6.07, 6.45) is 4.72. The first kappa shape index (κ1) is 22.1. The van der Waals surface area contributed by atoms with Crippen molar-refractivity contribution in [2.75, 3.05) is 25.5 Å². The summed E-state index contributed by atoms with van der Waals surface area (Å²) in [5.41, 5.74) is 6.84. The fraction of sp³-hybridized carbons (Fsp3) is 0.429. The number of anilines is 1. The Morgan fingerprint density at radius 3 is 1.88 bits per heavy atom. The molecule has 0 aliphatic rings. The summed E-state index contributed by atoms with van der Waals surface area (Å²) in [5.74, 6) is 0. The third kappa shape index (κ3) is 8.92. The van der Waals surface area contributed by atoms with Gasteiger partial charge in [0.25, 0.3) is 0 Å². The van der Waals surface area contributed by atoms with Crippen LogP contribution in [0.1, 0.15) is 35.1 Å². The number of hydrogen-bond donors (Lipinski definition) is 2. The predicted octanol–water partition coefficient (Wildman–Crippen LogP) is 3.83. The van der Waals surface area contributed by atoms with Crippen molar-refractivity contribution in [1.29, 1.82) is 0 Å². The molecule has 0 aliphatic heterocycles. The Labute approximate surface area is 161 Å². The van der Waals surface area contributed by atoms with Crippen LogP contribution < -0.4 is 10.6 Å². The molecule has 0 unspecified atom stereocenters. The quantitative estimate of drug-likeness (QED) is 0.655. The molecule has 0 saturated carbocycles. The summed E-state index contributed by atoms with van der Waals surface area (Å²) in [5, 5.41) is 6.71. The highest BCUT2D eigenvalue weighted by atomic mass is 32.1. The molecule has 0 atom stereocenters. The maximum Gasteiger partial charge on any atom is 0.335 e. The van der Waals surface area contributed by atoms with Gasteiger partial charge in [0.05, 0.1) is 0 Å². The maximum absolute atomic E-state index is 8.29. The lowest BCUT2D eigenvalue weighted by molar-refractivity contribution is 0.622. The summed E-state index contributed by atoms with van der Waals surface area (Å²) in [7, 11) is 1.96. The van der Waals surface area contributed by atoms with E-state index in [1.54, 1.807) is 0 Å². The molecular weight excluding hydrogens is 344 g/mol. The highest BCUT2D eigenvalue weighted by Gasteiger charge is 1.97. The number of rotatable bonds is 9. The second-order valence-corrected chi connectivity index (χ2v) is 6.53. The lowest BCUT2D eigenvalue weighted by Crippen LogP contribution is -2.17. The molecule has 0 amide bonds. The second-order valence-electron chi connectivity index (χ2n) is 6.39. The minimum absolute atomic E-state index is 0.750. The second kappa shape index (κ2) is 13.3. The molecular formula is C21H30N2O2S. The summed E-state index contributed by atoms with van der Waals surface area (Å²) in [6.45, 7) is 6.57. The van der Waals surface area contributed by atoms with Gasteiger partial charge in [-0.15, -0.1) is 0 Å². The Bertz CT molecular complexity index is 681. The van der Waals surface area contributed by atoms with Gasteiger partial charge in [0.15, 0.2) is 0 Å². The van der Waals surface area contributed by atoms with Crippen LogP contribution in [0, 0.1) is 13.8 Å². The van der Waals surface area contributed by atoms with Crippen molar-refractivity contribution in [3.63, 3.8) is 0 Å². The van der Waals surface area contributed by atoms with Crippen LogP contribution in [0.5, 0.6) is 0 Å². The Balaban J connectivity index is 0.00000105. The molecule has 5 heteroatoms. The highest BCUT2D eigenvalue weighted by Crippen LogP contribution is 2.11. The van der Waals surface area contributed by atoms with Crippen LogP contribution in [0.25, 0.3) is 0 Å². The molecule has 2 N–H and O–H groups in total. The Morgan fingerprint density at radius 2 is 1.35 bits per heavy atom. The summed E-state index contributed by atoms with van der Waals surface area (Å²) < 4.78 is 16.6. The zero-order chi connectivity index (χ0) is 19.2. The van der Waals surface area contributed by atoms with Gasteiger partial charge in [-0.25, -0.2) is 0 Å². The standard InChI is InChI=1S/C21H30N2.O2S/c1-17-8-9-20(16-18(17)2)7-5-15-23-14-4-6-19-10-12-21(22-3)13-11-19;1-3-2/h8-13,16,22-23H,4-7,14-15H2,1-3H3;. The largest absolute Gasteiger partial charge is 0.388 e. The van der Waals surface area contributed by atoms with E-state index >= 15 is 0 Å². The van der Waals surface area contributed by atoms with E-state index in [1.807, 2.05) is 7.05 Å². The Morgan fingerprint density at radius 1 is 0.808 bits per heavy atom. The van der Waals surface area contributed by atoms with Crippen LogP contribution in [-0.2, 0) is 24.4 Å². The van der Waals surface area contributed by atoms with E-state index in [9.17, 15) is 0 Å². The van der Waals surface area contributed by atoms with Crippen LogP contribution >= 0.6 is 0 Å². The van der Waals surface area contributed by atoms with Gasteiger partial charge in [-0.1, -0.05) is 30.3 Å². The highest BCUT2D eigenvalue weighted by molar-refractivity contribution is 7.51. The molecule has 142 valence electrons. The number of nitrogens with one attached hydrogen (secondary N) is 2. The molecule has 0 aromatic heterocycles. The van der Waals surface area contributed by atoms with E-state index < -0.39 is 11.6 Å². The van der Waals surface area contributed by atoms with Gasteiger partial charge >= 0.3 is 11.6 Å². The number of aryl methyl sites for hydroxylation is 4. The summed E-state index contributed by atoms with van der Waals surface area (Å²) >= 11 is -0.750. The molecule has 0 spiro atoms. The third-order valence-electron chi connectivity index (χ3n) is 4.45. The average molecular weight is 375 g/mol. The first-order chi connectivity index (χ1) is 12.6. The van der Waals surface area contributed by atoms with Gasteiger partial charge in [0, 0.05) is 12.7 Å². The number of benzene rings is 2. The Hall–Kier alpha value is -1.98. The van der Waals surface area contributed by atoms with Crippen molar-refractivity contribution < 1.29 is 8.42 Å². The summed E-state index contributed by atoms with van der Waals surface area (Å²) in [6, 6.07) is 15.5. The van der Waals surface area contributed by atoms with Gasteiger partial charge in [0.2, 0.25) is 0 Å². The molecule has 2 aromatic carbocycles. The average Bonchev–Trinajstić information content (AvgIpc) is 2.65. The summed E-state index contributed by atoms with van der Waals surface area (Å²) in [4.78, 5) is 0. The van der Waals surface area contributed by atoms with Crippen molar-refractivity contribution in [1.82, 2.24) is 5.32 Å². The van der Waals surface area contributed by atoms with E-state index in [-0.39, 0.29) is 0 Å². The van der Waals surface area contributed by atoms with Crippen molar-refractivity contribution >= 4 is 17.3 Å². The lowest BCUT2D eigenvalue weighted by atomic mass is 10.0. The zero-order valence-electron chi connectivity index (χ0n) is 16.0. The van der Waals surface area contributed by atoms with E-state index in [0.29, 0.717) is 0 Å². The van der Waals surface area contributed by atoms with E-state index in [0.717, 1.165) is 19.5 Å². The third-order valence-corrected chi connectivity index (χ3v) is 4.45. The van der Waals surface area contributed by atoms with Gasteiger partial charge in [0.1, 0.15) is 0 Å². The van der Waals surface area contributed by atoms with Gasteiger partial charge in [-0.05, 0) is 87.0 Å². The van der Waals surface area contributed by atoms with E-state index in [4.69, 9.17) is 8.42 Å². The van der Waals surface area contributed by atoms with Gasteiger partial charge in [-0.2, -0.15) is 8.42 Å². The van der Waals surface area contributed by atoms with Crippen LogP contribution in [0.3, 0.4) is 0 Å². The topological polar surface area (TPSA) is 58.2 Å². The smallest absolute Gasteiger partial charge is 0.335 e. The van der Waals surface area contributed by atoms with E-state index in [2.05, 4.69) is 66.9 Å². The van der Waals surface area contributed by atoms with Gasteiger partial charge < -0.3 is 10.6 Å². The molecule has 0 fully saturated rings. The molecule has 0 bridgehead atoms. The van der Waals surface area contributed by atoms with Crippen molar-refractivity contribution in [3.05, 3.63) is 64.7 Å². The van der Waals surface area contributed by atoms with Crippen molar-refractivity contribution in [3.8, 4) is 0 Å².